The largest absolute Gasteiger partial charge is 0.465 e. The first-order chi connectivity index (χ1) is 12.8. The topological polar surface area (TPSA) is 78.6 Å². The van der Waals surface area contributed by atoms with Crippen molar-refractivity contribution in [1.82, 2.24) is 0 Å². The van der Waals surface area contributed by atoms with Crippen molar-refractivity contribution in [1.29, 1.82) is 0 Å². The van der Waals surface area contributed by atoms with Gasteiger partial charge in [-0.05, 0) is 32.8 Å². The fourth-order valence-corrected chi connectivity index (χ4v) is 5.88. The van der Waals surface area contributed by atoms with Crippen molar-refractivity contribution < 1.29 is 23.5 Å². The maximum absolute atomic E-state index is 15.3. The van der Waals surface area contributed by atoms with Crippen LogP contribution in [0.25, 0.3) is 0 Å². The lowest BCUT2D eigenvalue weighted by molar-refractivity contribution is -0.156. The van der Waals surface area contributed by atoms with Crippen molar-refractivity contribution >= 4 is 23.7 Å². The lowest BCUT2D eigenvalue weighted by Gasteiger charge is -2.34. The van der Waals surface area contributed by atoms with Crippen LogP contribution in [-0.2, 0) is 19.1 Å². The third kappa shape index (κ3) is 3.14. The van der Waals surface area contributed by atoms with Crippen LogP contribution < -0.4 is 5.73 Å². The number of nitrogens with two attached hydrogens (primary N) is 1. The highest BCUT2D eigenvalue weighted by Gasteiger charge is 2.85. The molecule has 1 aromatic carbocycles. The van der Waals surface area contributed by atoms with Crippen LogP contribution in [0.15, 0.2) is 30.3 Å². The van der Waals surface area contributed by atoms with Crippen LogP contribution in [-0.4, -0.2) is 41.6 Å². The van der Waals surface area contributed by atoms with Crippen molar-refractivity contribution in [2.75, 3.05) is 13.2 Å². The van der Waals surface area contributed by atoms with E-state index in [1.165, 1.54) is 11.8 Å². The van der Waals surface area contributed by atoms with E-state index in [-0.39, 0.29) is 23.7 Å². The standard InChI is InChI=1S/C20H26FNO4S/c1-4-25-17(23)19(21)14-11-15(20(22,16(14)19)18(24)26-5-2)27-12(3)13-9-7-6-8-10-13/h6-10,12,14-16H,4-5,11,22H2,1-3H3/t12?,14-,15-,16+,19-,20+/m1/s1. The van der Waals surface area contributed by atoms with Crippen LogP contribution in [0.5, 0.6) is 0 Å². The average molecular weight is 395 g/mol. The predicted octanol–water partition coefficient (Wildman–Crippen LogP) is 3.03. The molecule has 6 atom stereocenters. The van der Waals surface area contributed by atoms with E-state index in [4.69, 9.17) is 15.2 Å². The molecule has 148 valence electrons. The third-order valence-corrected chi connectivity index (χ3v) is 7.25. The van der Waals surface area contributed by atoms with E-state index in [0.717, 1.165) is 5.56 Å². The summed E-state index contributed by atoms with van der Waals surface area (Å²) in [5, 5.41) is -0.261. The molecule has 0 saturated heterocycles. The molecule has 3 rings (SSSR count). The van der Waals surface area contributed by atoms with Crippen molar-refractivity contribution in [3.63, 3.8) is 0 Å². The van der Waals surface area contributed by atoms with E-state index in [2.05, 4.69) is 0 Å². The second-order valence-electron chi connectivity index (χ2n) is 7.14. The minimum atomic E-state index is -2.19. The SMILES string of the molecule is CCOC(=O)[C@@]1(N)[C@H]2[C@@H](C[C@H]1SC(C)c1ccccc1)[C@]2(F)C(=O)OCC. The molecule has 2 fully saturated rings. The summed E-state index contributed by atoms with van der Waals surface area (Å²) in [5.74, 6) is -3.06. The van der Waals surface area contributed by atoms with E-state index in [1.54, 1.807) is 13.8 Å². The summed E-state index contributed by atoms with van der Waals surface area (Å²) >= 11 is 1.54. The van der Waals surface area contributed by atoms with Gasteiger partial charge < -0.3 is 15.2 Å². The van der Waals surface area contributed by atoms with Crippen LogP contribution in [0, 0.1) is 11.8 Å². The Kier molecular flexibility index (Phi) is 5.54. The fourth-order valence-electron chi connectivity index (χ4n) is 4.29. The Morgan fingerprint density at radius 1 is 1.22 bits per heavy atom. The summed E-state index contributed by atoms with van der Waals surface area (Å²) < 4.78 is 25.4. The number of halogens is 1. The molecule has 2 aliphatic carbocycles. The number of ether oxygens (including phenoxy) is 2. The van der Waals surface area contributed by atoms with Gasteiger partial charge in [-0.2, -0.15) is 0 Å². The number of fused-ring (bicyclic) bond motifs is 1. The van der Waals surface area contributed by atoms with Crippen molar-refractivity contribution in [3.05, 3.63) is 35.9 Å². The molecule has 1 unspecified atom stereocenters. The van der Waals surface area contributed by atoms with Gasteiger partial charge in [0.15, 0.2) is 0 Å². The second kappa shape index (κ2) is 7.43. The summed E-state index contributed by atoms with van der Waals surface area (Å²) in [6.45, 7) is 5.58. The lowest BCUT2D eigenvalue weighted by atomic mass is 9.90. The number of alkyl halides is 1. The Labute approximate surface area is 163 Å². The van der Waals surface area contributed by atoms with Gasteiger partial charge in [-0.15, -0.1) is 11.8 Å². The molecule has 1 aromatic rings. The Morgan fingerprint density at radius 2 is 1.81 bits per heavy atom. The molecule has 0 spiro atoms. The number of carbonyl (C=O) groups excluding carboxylic acids is 2. The molecule has 2 aliphatic rings. The maximum Gasteiger partial charge on any atom is 0.344 e. The molecular formula is C20H26FNO4S. The van der Waals surface area contributed by atoms with Crippen molar-refractivity contribution in [2.24, 2.45) is 17.6 Å². The van der Waals surface area contributed by atoms with Gasteiger partial charge in [-0.25, -0.2) is 14.0 Å². The van der Waals surface area contributed by atoms with E-state index in [1.807, 2.05) is 37.3 Å². The van der Waals surface area contributed by atoms with Gasteiger partial charge in [0, 0.05) is 22.3 Å². The quantitative estimate of drug-likeness (QED) is 0.715. The first-order valence-electron chi connectivity index (χ1n) is 9.34. The van der Waals surface area contributed by atoms with Crippen LogP contribution >= 0.6 is 11.8 Å². The number of rotatable bonds is 7. The van der Waals surface area contributed by atoms with Gasteiger partial charge in [-0.3, -0.25) is 0 Å². The minimum absolute atomic E-state index is 0.0719. The predicted molar refractivity (Wildman–Crippen MR) is 102 cm³/mol. The van der Waals surface area contributed by atoms with Gasteiger partial charge >= 0.3 is 11.9 Å². The molecule has 0 aliphatic heterocycles. The molecule has 0 amide bonds. The molecule has 0 heterocycles. The van der Waals surface area contributed by atoms with Gasteiger partial charge in [0.05, 0.1) is 13.2 Å². The molecule has 0 aromatic heterocycles. The molecule has 0 radical (unpaired) electrons. The van der Waals surface area contributed by atoms with Crippen LogP contribution in [0.4, 0.5) is 4.39 Å². The lowest BCUT2D eigenvalue weighted by Crippen LogP contribution is -2.59. The zero-order chi connectivity index (χ0) is 19.8. The van der Waals surface area contributed by atoms with E-state index in [9.17, 15) is 9.59 Å². The van der Waals surface area contributed by atoms with Gasteiger partial charge in [0.25, 0.3) is 0 Å². The number of hydrogen-bond donors (Lipinski definition) is 1. The Morgan fingerprint density at radius 3 is 2.41 bits per heavy atom. The van der Waals surface area contributed by atoms with E-state index in [0.29, 0.717) is 6.42 Å². The molecule has 27 heavy (non-hydrogen) atoms. The minimum Gasteiger partial charge on any atom is -0.465 e. The van der Waals surface area contributed by atoms with Gasteiger partial charge in [0.2, 0.25) is 5.67 Å². The number of hydrogen-bond acceptors (Lipinski definition) is 6. The summed E-state index contributed by atoms with van der Waals surface area (Å²) in [6.07, 6.45) is 0.344. The molecule has 5 nitrogen and oxygen atoms in total. The Hall–Kier alpha value is -1.60. The van der Waals surface area contributed by atoms with Gasteiger partial charge in [-0.1, -0.05) is 30.3 Å². The average Bonchev–Trinajstić information content (AvgIpc) is 3.14. The van der Waals surface area contributed by atoms with Crippen molar-refractivity contribution in [2.45, 2.75) is 48.9 Å². The number of benzene rings is 1. The van der Waals surface area contributed by atoms with Crippen LogP contribution in [0.1, 0.15) is 38.0 Å². The van der Waals surface area contributed by atoms with E-state index >= 15 is 4.39 Å². The monoisotopic (exact) mass is 395 g/mol. The number of esters is 2. The van der Waals surface area contributed by atoms with Crippen molar-refractivity contribution in [3.8, 4) is 0 Å². The zero-order valence-corrected chi connectivity index (χ0v) is 16.6. The summed E-state index contributed by atoms with van der Waals surface area (Å²) in [5.41, 5.74) is 3.88. The first-order valence-corrected chi connectivity index (χ1v) is 10.3. The molecular weight excluding hydrogens is 369 g/mol. The maximum atomic E-state index is 15.3. The van der Waals surface area contributed by atoms with E-state index < -0.39 is 35.0 Å². The second-order valence-corrected chi connectivity index (χ2v) is 8.69. The smallest absolute Gasteiger partial charge is 0.344 e. The highest BCUT2D eigenvalue weighted by Crippen LogP contribution is 2.69. The Bertz CT molecular complexity index is 717. The fraction of sp³-hybridized carbons (Fsp3) is 0.600. The third-order valence-electron chi connectivity index (χ3n) is 5.66. The molecule has 2 saturated carbocycles. The zero-order valence-electron chi connectivity index (χ0n) is 15.8. The van der Waals surface area contributed by atoms with Crippen LogP contribution in [0.2, 0.25) is 0 Å². The normalized spacial score (nSPS) is 35.2. The van der Waals surface area contributed by atoms with Gasteiger partial charge in [0.1, 0.15) is 5.54 Å². The Balaban J connectivity index is 1.84. The number of carbonyl (C=O) groups is 2. The van der Waals surface area contributed by atoms with Crippen LogP contribution in [0.3, 0.4) is 0 Å². The molecule has 2 N–H and O–H groups in total. The highest BCUT2D eigenvalue weighted by molar-refractivity contribution is 8.00. The number of thioether (sulfide) groups is 1. The summed E-state index contributed by atoms with van der Waals surface area (Å²) in [6, 6.07) is 9.86. The first kappa shape index (κ1) is 20.1. The summed E-state index contributed by atoms with van der Waals surface area (Å²) in [7, 11) is 0. The molecule has 0 bridgehead atoms. The highest BCUT2D eigenvalue weighted by atomic mass is 32.2. The summed E-state index contributed by atoms with van der Waals surface area (Å²) in [4.78, 5) is 24.9. The molecule has 7 heteroatoms.